The third-order valence-corrected chi connectivity index (χ3v) is 2.53. The van der Waals surface area contributed by atoms with Gasteiger partial charge in [-0.3, -0.25) is 0 Å². The van der Waals surface area contributed by atoms with Crippen LogP contribution in [0.4, 0.5) is 0 Å². The molecule has 6 heteroatoms. The van der Waals surface area contributed by atoms with Crippen molar-refractivity contribution in [1.29, 1.82) is 5.26 Å². The lowest BCUT2D eigenvalue weighted by atomic mass is 10.1. The van der Waals surface area contributed by atoms with Gasteiger partial charge in [0.05, 0.1) is 11.3 Å². The number of hydrogen-bond acceptors (Lipinski definition) is 4. The molecule has 1 aromatic carbocycles. The van der Waals surface area contributed by atoms with E-state index in [4.69, 9.17) is 21.1 Å². The van der Waals surface area contributed by atoms with E-state index < -0.39 is 9.05 Å². The lowest BCUT2D eigenvalue weighted by Gasteiger charge is -2.00. The number of halogens is 1. The molecular formula is C8H6ClNO3S. The third-order valence-electron chi connectivity index (χ3n) is 1.52. The van der Waals surface area contributed by atoms with Gasteiger partial charge in [-0.1, -0.05) is 6.07 Å². The second-order valence-corrected chi connectivity index (χ2v) is 5.42. The van der Waals surface area contributed by atoms with E-state index in [1.54, 1.807) is 6.07 Å². The minimum absolute atomic E-state index is 0.0304. The Morgan fingerprint density at radius 3 is 2.64 bits per heavy atom. The summed E-state index contributed by atoms with van der Waals surface area (Å²) in [5.41, 5.74) is 0.400. The molecule has 0 radical (unpaired) electrons. The van der Waals surface area contributed by atoms with Gasteiger partial charge < -0.3 is 5.11 Å². The number of hydrogen-bond donors (Lipinski definition) is 1. The Kier molecular flexibility index (Phi) is 2.99. The zero-order valence-electron chi connectivity index (χ0n) is 6.94. The molecule has 0 saturated heterocycles. The summed E-state index contributed by atoms with van der Waals surface area (Å²) in [4.78, 5) is 0. The molecule has 0 atom stereocenters. The van der Waals surface area contributed by atoms with Crippen molar-refractivity contribution >= 4 is 19.7 Å². The summed E-state index contributed by atoms with van der Waals surface area (Å²) < 4.78 is 21.4. The van der Waals surface area contributed by atoms with E-state index in [1.807, 2.05) is 0 Å². The Balaban J connectivity index is 3.09. The maximum atomic E-state index is 10.7. The summed E-state index contributed by atoms with van der Waals surface area (Å²) in [7, 11) is 1.40. The van der Waals surface area contributed by atoms with Crippen LogP contribution in [0.1, 0.15) is 11.1 Å². The van der Waals surface area contributed by atoms with Gasteiger partial charge in [-0.15, -0.1) is 0 Å². The van der Waals surface area contributed by atoms with Crippen LogP contribution >= 0.6 is 10.7 Å². The van der Waals surface area contributed by atoms with E-state index in [9.17, 15) is 8.42 Å². The highest BCUT2D eigenvalue weighted by Crippen LogP contribution is 2.19. The van der Waals surface area contributed by atoms with Crippen molar-refractivity contribution in [2.75, 3.05) is 0 Å². The van der Waals surface area contributed by atoms with Crippen molar-refractivity contribution in [2.24, 2.45) is 0 Å². The second-order valence-electron chi connectivity index (χ2n) is 2.65. The quantitative estimate of drug-likeness (QED) is 0.779. The first-order valence-corrected chi connectivity index (χ1v) is 6.04. The summed E-state index contributed by atoms with van der Waals surface area (Å²) in [6.07, 6.45) is 0. The fourth-order valence-electron chi connectivity index (χ4n) is 0.962. The average Bonchev–Trinajstić information content (AvgIpc) is 2.06. The number of nitriles is 1. The van der Waals surface area contributed by atoms with Crippen LogP contribution in [-0.4, -0.2) is 13.5 Å². The SMILES string of the molecule is N#Cc1cc(CS(=O)(=O)Cl)ccc1O. The van der Waals surface area contributed by atoms with Gasteiger partial charge in [0.25, 0.3) is 0 Å². The van der Waals surface area contributed by atoms with Crippen LogP contribution in [0.2, 0.25) is 0 Å². The smallest absolute Gasteiger partial charge is 0.236 e. The molecule has 0 amide bonds. The molecule has 0 aromatic heterocycles. The van der Waals surface area contributed by atoms with Crippen LogP contribution < -0.4 is 0 Å². The fourth-order valence-corrected chi connectivity index (χ4v) is 1.92. The molecule has 4 nitrogen and oxygen atoms in total. The zero-order chi connectivity index (χ0) is 10.8. The van der Waals surface area contributed by atoms with Crippen LogP contribution in [0.15, 0.2) is 18.2 Å². The van der Waals surface area contributed by atoms with E-state index in [-0.39, 0.29) is 17.1 Å². The molecule has 0 aliphatic heterocycles. The highest BCUT2D eigenvalue weighted by atomic mass is 35.7. The van der Waals surface area contributed by atoms with E-state index in [0.717, 1.165) is 0 Å². The molecule has 0 saturated carbocycles. The van der Waals surface area contributed by atoms with Crippen molar-refractivity contribution in [1.82, 2.24) is 0 Å². The maximum Gasteiger partial charge on any atom is 0.236 e. The lowest BCUT2D eigenvalue weighted by Crippen LogP contribution is -1.95. The van der Waals surface area contributed by atoms with Gasteiger partial charge in [0.2, 0.25) is 9.05 Å². The van der Waals surface area contributed by atoms with Gasteiger partial charge in [0.1, 0.15) is 11.8 Å². The van der Waals surface area contributed by atoms with Gasteiger partial charge in [0, 0.05) is 10.7 Å². The molecule has 1 N–H and O–H groups in total. The number of rotatable bonds is 2. The van der Waals surface area contributed by atoms with Crippen LogP contribution in [0.5, 0.6) is 5.75 Å². The van der Waals surface area contributed by atoms with Gasteiger partial charge in [-0.25, -0.2) is 8.42 Å². The Morgan fingerprint density at radius 1 is 1.50 bits per heavy atom. The van der Waals surface area contributed by atoms with Crippen LogP contribution in [0.25, 0.3) is 0 Å². The second kappa shape index (κ2) is 3.86. The minimum Gasteiger partial charge on any atom is -0.507 e. The van der Waals surface area contributed by atoms with Gasteiger partial charge in [-0.05, 0) is 17.7 Å². The van der Waals surface area contributed by atoms with Gasteiger partial charge in [-0.2, -0.15) is 5.26 Å². The molecule has 0 aliphatic carbocycles. The molecule has 0 spiro atoms. The molecule has 0 unspecified atom stereocenters. The van der Waals surface area contributed by atoms with Gasteiger partial charge in [0.15, 0.2) is 0 Å². The molecule has 0 fully saturated rings. The molecule has 0 aliphatic rings. The Bertz CT molecular complexity index is 490. The summed E-state index contributed by atoms with van der Waals surface area (Å²) in [5, 5.41) is 17.7. The number of phenols is 1. The lowest BCUT2D eigenvalue weighted by molar-refractivity contribution is 0.473. The van der Waals surface area contributed by atoms with Crippen LogP contribution in [0, 0.1) is 11.3 Å². The highest BCUT2D eigenvalue weighted by molar-refractivity contribution is 8.13. The summed E-state index contributed by atoms with van der Waals surface area (Å²) >= 11 is 0. The zero-order valence-corrected chi connectivity index (χ0v) is 8.51. The topological polar surface area (TPSA) is 78.2 Å². The third kappa shape index (κ3) is 2.91. The standard InChI is InChI=1S/C8H6ClNO3S/c9-14(12,13)5-6-1-2-8(11)7(3-6)4-10/h1-3,11H,5H2. The van der Waals surface area contributed by atoms with E-state index >= 15 is 0 Å². The van der Waals surface area contributed by atoms with E-state index in [1.165, 1.54) is 18.2 Å². The largest absolute Gasteiger partial charge is 0.507 e. The number of phenolic OH excluding ortho intramolecular Hbond substituents is 1. The van der Waals surface area contributed by atoms with Crippen molar-refractivity contribution in [3.05, 3.63) is 29.3 Å². The number of aromatic hydroxyl groups is 1. The number of benzene rings is 1. The minimum atomic E-state index is -3.63. The molecule has 1 aromatic rings. The Morgan fingerprint density at radius 2 is 2.14 bits per heavy atom. The molecule has 14 heavy (non-hydrogen) atoms. The van der Waals surface area contributed by atoms with E-state index in [2.05, 4.69) is 0 Å². The number of nitrogens with zero attached hydrogens (tertiary/aromatic N) is 1. The van der Waals surface area contributed by atoms with Crippen molar-refractivity contribution in [2.45, 2.75) is 5.75 Å². The van der Waals surface area contributed by atoms with E-state index in [0.29, 0.717) is 5.56 Å². The van der Waals surface area contributed by atoms with Crippen molar-refractivity contribution < 1.29 is 13.5 Å². The molecule has 1 rings (SSSR count). The van der Waals surface area contributed by atoms with Crippen molar-refractivity contribution in [3.8, 4) is 11.8 Å². The van der Waals surface area contributed by atoms with Gasteiger partial charge >= 0.3 is 0 Å². The van der Waals surface area contributed by atoms with Crippen LogP contribution in [0.3, 0.4) is 0 Å². The van der Waals surface area contributed by atoms with Crippen LogP contribution in [-0.2, 0) is 14.8 Å². The van der Waals surface area contributed by atoms with Crippen molar-refractivity contribution in [3.63, 3.8) is 0 Å². The first-order chi connectivity index (χ1) is 6.42. The monoisotopic (exact) mass is 231 g/mol. The summed E-state index contributed by atoms with van der Waals surface area (Å²) in [6.45, 7) is 0. The average molecular weight is 232 g/mol. The first-order valence-electron chi connectivity index (χ1n) is 3.57. The Hall–Kier alpha value is -1.25. The highest BCUT2D eigenvalue weighted by Gasteiger charge is 2.09. The summed E-state index contributed by atoms with van der Waals surface area (Å²) in [5.74, 6) is -0.535. The fraction of sp³-hybridized carbons (Fsp3) is 0.125. The Labute approximate surface area is 85.8 Å². The maximum absolute atomic E-state index is 10.7. The first kappa shape index (κ1) is 10.8. The molecule has 0 heterocycles. The molecular weight excluding hydrogens is 226 g/mol. The predicted molar refractivity (Wildman–Crippen MR) is 51.3 cm³/mol. The normalized spacial score (nSPS) is 10.9. The summed E-state index contributed by atoms with van der Waals surface area (Å²) in [6, 6.07) is 5.68. The molecule has 74 valence electrons. The predicted octanol–water partition coefficient (Wildman–Crippen LogP) is 1.33. The molecule has 0 bridgehead atoms.